The summed E-state index contributed by atoms with van der Waals surface area (Å²) in [6.07, 6.45) is 3.04. The molecule has 2 rings (SSSR count). The molecule has 0 saturated carbocycles. The highest BCUT2D eigenvalue weighted by molar-refractivity contribution is 5.41. The summed E-state index contributed by atoms with van der Waals surface area (Å²) in [7, 11) is 2.15. The lowest BCUT2D eigenvalue weighted by atomic mass is 9.74. The average molecular weight is 242 g/mol. The van der Waals surface area contributed by atoms with E-state index in [9.17, 15) is 5.26 Å². The first-order valence-electron chi connectivity index (χ1n) is 6.75. The van der Waals surface area contributed by atoms with Crippen LogP contribution in [0.4, 0.5) is 0 Å². The summed E-state index contributed by atoms with van der Waals surface area (Å²) >= 11 is 0. The molecule has 1 aromatic rings. The van der Waals surface area contributed by atoms with Gasteiger partial charge in [-0.15, -0.1) is 0 Å². The average Bonchev–Trinajstić information content (AvgIpc) is 2.55. The Hall–Kier alpha value is -1.33. The number of rotatable bonds is 1. The summed E-state index contributed by atoms with van der Waals surface area (Å²) < 4.78 is 0. The number of nitrogens with zero attached hydrogens (tertiary/aromatic N) is 2. The highest BCUT2D eigenvalue weighted by atomic mass is 15.1. The monoisotopic (exact) mass is 242 g/mol. The van der Waals surface area contributed by atoms with Gasteiger partial charge in [-0.2, -0.15) is 5.26 Å². The maximum absolute atomic E-state index is 9.75. The Morgan fingerprint density at radius 3 is 2.72 bits per heavy atom. The zero-order valence-electron chi connectivity index (χ0n) is 11.7. The Balaban J connectivity index is 2.43. The van der Waals surface area contributed by atoms with Gasteiger partial charge in [0.1, 0.15) is 0 Å². The molecule has 1 aromatic carbocycles. The van der Waals surface area contributed by atoms with E-state index in [0.717, 1.165) is 32.4 Å². The van der Waals surface area contributed by atoms with Crippen molar-refractivity contribution < 1.29 is 0 Å². The van der Waals surface area contributed by atoms with Crippen molar-refractivity contribution in [1.29, 1.82) is 5.26 Å². The molecule has 2 nitrogen and oxygen atoms in total. The first kappa shape index (κ1) is 13.1. The van der Waals surface area contributed by atoms with Gasteiger partial charge >= 0.3 is 0 Å². The Labute approximate surface area is 110 Å². The SMILES string of the molecule is Cc1ccc(C)c(C2(C#N)CCCN(C)CC2)c1. The van der Waals surface area contributed by atoms with Gasteiger partial charge in [-0.3, -0.25) is 0 Å². The predicted octanol–water partition coefficient (Wildman–Crippen LogP) is 3.18. The maximum atomic E-state index is 9.75. The van der Waals surface area contributed by atoms with Crippen LogP contribution in [0.25, 0.3) is 0 Å². The van der Waals surface area contributed by atoms with Crippen molar-refractivity contribution in [2.75, 3.05) is 20.1 Å². The molecule has 1 aliphatic heterocycles. The van der Waals surface area contributed by atoms with Crippen LogP contribution in [0.1, 0.15) is 36.0 Å². The molecule has 1 unspecified atom stereocenters. The van der Waals surface area contributed by atoms with E-state index in [-0.39, 0.29) is 5.41 Å². The molecule has 2 heteroatoms. The molecule has 18 heavy (non-hydrogen) atoms. The Morgan fingerprint density at radius 2 is 2.00 bits per heavy atom. The van der Waals surface area contributed by atoms with Crippen LogP contribution in [0.2, 0.25) is 0 Å². The van der Waals surface area contributed by atoms with Crippen LogP contribution in [0.3, 0.4) is 0 Å². The quantitative estimate of drug-likeness (QED) is 0.756. The fraction of sp³-hybridized carbons (Fsp3) is 0.562. The van der Waals surface area contributed by atoms with E-state index in [1.165, 1.54) is 16.7 Å². The van der Waals surface area contributed by atoms with E-state index < -0.39 is 0 Å². The van der Waals surface area contributed by atoms with Crippen molar-refractivity contribution >= 4 is 0 Å². The molecule has 0 spiro atoms. The highest BCUT2D eigenvalue weighted by Gasteiger charge is 2.35. The molecule has 0 aromatic heterocycles. The minimum atomic E-state index is -0.277. The Kier molecular flexibility index (Phi) is 3.73. The van der Waals surface area contributed by atoms with Crippen molar-refractivity contribution in [3.63, 3.8) is 0 Å². The van der Waals surface area contributed by atoms with Gasteiger partial charge in [-0.05, 0) is 64.4 Å². The third kappa shape index (κ3) is 2.42. The van der Waals surface area contributed by atoms with Crippen LogP contribution in [-0.4, -0.2) is 25.0 Å². The van der Waals surface area contributed by atoms with E-state index in [1.54, 1.807) is 0 Å². The van der Waals surface area contributed by atoms with Crippen LogP contribution in [0.15, 0.2) is 18.2 Å². The van der Waals surface area contributed by atoms with Crippen LogP contribution in [0.5, 0.6) is 0 Å². The summed E-state index contributed by atoms with van der Waals surface area (Å²) in [4.78, 5) is 2.34. The second-order valence-corrected chi connectivity index (χ2v) is 5.67. The fourth-order valence-corrected chi connectivity index (χ4v) is 2.96. The van der Waals surface area contributed by atoms with Gasteiger partial charge in [0.05, 0.1) is 11.5 Å². The number of likely N-dealkylation sites (tertiary alicyclic amines) is 1. The normalized spacial score (nSPS) is 25.4. The minimum Gasteiger partial charge on any atom is -0.306 e. The smallest absolute Gasteiger partial charge is 0.0837 e. The lowest BCUT2D eigenvalue weighted by Gasteiger charge is -2.27. The lowest BCUT2D eigenvalue weighted by molar-refractivity contribution is 0.342. The van der Waals surface area contributed by atoms with Crippen molar-refractivity contribution in [2.24, 2.45) is 0 Å². The second kappa shape index (κ2) is 5.12. The van der Waals surface area contributed by atoms with Gasteiger partial charge in [-0.25, -0.2) is 0 Å². The third-order valence-corrected chi connectivity index (χ3v) is 4.19. The Morgan fingerprint density at radius 1 is 1.22 bits per heavy atom. The molecule has 1 saturated heterocycles. The van der Waals surface area contributed by atoms with Crippen LogP contribution >= 0.6 is 0 Å². The van der Waals surface area contributed by atoms with E-state index in [0.29, 0.717) is 0 Å². The molecule has 0 aliphatic carbocycles. The van der Waals surface area contributed by atoms with Gasteiger partial charge in [0.2, 0.25) is 0 Å². The summed E-state index contributed by atoms with van der Waals surface area (Å²) in [5.41, 5.74) is 3.48. The topological polar surface area (TPSA) is 27.0 Å². The number of nitriles is 1. The molecule has 1 aliphatic rings. The summed E-state index contributed by atoms with van der Waals surface area (Å²) in [5.74, 6) is 0. The van der Waals surface area contributed by atoms with Gasteiger partial charge in [0.15, 0.2) is 0 Å². The van der Waals surface area contributed by atoms with Crippen molar-refractivity contribution in [3.8, 4) is 6.07 Å². The molecule has 0 bridgehead atoms. The minimum absolute atomic E-state index is 0.277. The van der Waals surface area contributed by atoms with E-state index in [4.69, 9.17) is 0 Å². The number of hydrogen-bond acceptors (Lipinski definition) is 2. The van der Waals surface area contributed by atoms with Gasteiger partial charge in [0.25, 0.3) is 0 Å². The maximum Gasteiger partial charge on any atom is 0.0837 e. The first-order valence-corrected chi connectivity index (χ1v) is 6.75. The van der Waals surface area contributed by atoms with Gasteiger partial charge in [0, 0.05) is 0 Å². The number of hydrogen-bond donors (Lipinski definition) is 0. The van der Waals surface area contributed by atoms with E-state index in [2.05, 4.69) is 50.1 Å². The summed E-state index contributed by atoms with van der Waals surface area (Å²) in [6, 6.07) is 9.13. The summed E-state index contributed by atoms with van der Waals surface area (Å²) in [6.45, 7) is 6.36. The Bertz CT molecular complexity index is 472. The molecule has 1 fully saturated rings. The highest BCUT2D eigenvalue weighted by Crippen LogP contribution is 2.36. The molecule has 0 radical (unpaired) electrons. The molecule has 96 valence electrons. The number of benzene rings is 1. The van der Waals surface area contributed by atoms with E-state index >= 15 is 0 Å². The molecule has 0 amide bonds. The van der Waals surface area contributed by atoms with E-state index in [1.807, 2.05) is 0 Å². The molecular formula is C16H22N2. The van der Waals surface area contributed by atoms with Crippen molar-refractivity contribution in [3.05, 3.63) is 34.9 Å². The molecule has 0 N–H and O–H groups in total. The first-order chi connectivity index (χ1) is 8.57. The lowest BCUT2D eigenvalue weighted by Crippen LogP contribution is -2.27. The van der Waals surface area contributed by atoms with Crippen LogP contribution in [-0.2, 0) is 5.41 Å². The van der Waals surface area contributed by atoms with Crippen LogP contribution in [0, 0.1) is 25.2 Å². The number of aryl methyl sites for hydroxylation is 2. The fourth-order valence-electron chi connectivity index (χ4n) is 2.96. The van der Waals surface area contributed by atoms with Crippen molar-refractivity contribution in [2.45, 2.75) is 38.5 Å². The molecule has 1 atom stereocenters. The van der Waals surface area contributed by atoms with Gasteiger partial charge < -0.3 is 4.90 Å². The standard InChI is InChI=1S/C16H22N2/c1-13-5-6-14(2)15(11-13)16(12-17)7-4-9-18(3)10-8-16/h5-6,11H,4,7-10H2,1-3H3. The molecule has 1 heterocycles. The summed E-state index contributed by atoms with van der Waals surface area (Å²) in [5, 5.41) is 9.75. The van der Waals surface area contributed by atoms with Crippen LogP contribution < -0.4 is 0 Å². The van der Waals surface area contributed by atoms with Crippen molar-refractivity contribution in [1.82, 2.24) is 4.90 Å². The zero-order valence-corrected chi connectivity index (χ0v) is 11.7. The third-order valence-electron chi connectivity index (χ3n) is 4.19. The predicted molar refractivity (Wildman–Crippen MR) is 74.6 cm³/mol. The zero-order chi connectivity index (χ0) is 13.2. The largest absolute Gasteiger partial charge is 0.306 e. The molecular weight excluding hydrogens is 220 g/mol. The second-order valence-electron chi connectivity index (χ2n) is 5.67. The van der Waals surface area contributed by atoms with Gasteiger partial charge in [-0.1, -0.05) is 23.8 Å².